The van der Waals surface area contributed by atoms with Gasteiger partial charge < -0.3 is 5.11 Å². The topological polar surface area (TPSA) is 80.7 Å². The second-order valence-electron chi connectivity index (χ2n) is 6.49. The fraction of sp³-hybridized carbons (Fsp3) is 0.533. The highest BCUT2D eigenvalue weighted by Crippen LogP contribution is 2.64. The molecule has 9 heteroatoms. The van der Waals surface area contributed by atoms with Crippen molar-refractivity contribution in [2.45, 2.75) is 35.6 Å². The molecule has 1 aliphatic rings. The lowest BCUT2D eigenvalue weighted by Crippen LogP contribution is -2.35. The number of halogens is 3. The Morgan fingerprint density at radius 1 is 1.25 bits per heavy atom. The van der Waals surface area contributed by atoms with Gasteiger partial charge in [-0.1, -0.05) is 66.3 Å². The zero-order valence-electron chi connectivity index (χ0n) is 13.2. The Kier molecular flexibility index (Phi) is 5.21. The summed E-state index contributed by atoms with van der Waals surface area (Å²) in [7, 11) is -4.21. The maximum atomic E-state index is 12.5. The Bertz CT molecular complexity index is 737. The third kappa shape index (κ3) is 3.83. The van der Waals surface area contributed by atoms with E-state index in [0.717, 1.165) is 5.56 Å². The van der Waals surface area contributed by atoms with Crippen LogP contribution in [0.5, 0.6) is 0 Å². The van der Waals surface area contributed by atoms with Crippen molar-refractivity contribution in [1.82, 2.24) is 0 Å². The minimum atomic E-state index is -4.21. The number of aryl methyl sites for hydroxylation is 1. The predicted molar refractivity (Wildman–Crippen MR) is 91.9 cm³/mol. The number of carboxylic acid groups (broad SMARTS) is 1. The summed E-state index contributed by atoms with van der Waals surface area (Å²) in [5.41, 5.74) is 0.129. The molecular weight excluding hydrogens is 399 g/mol. The zero-order chi connectivity index (χ0) is 18.5. The van der Waals surface area contributed by atoms with E-state index in [1.54, 1.807) is 26.0 Å². The van der Waals surface area contributed by atoms with Gasteiger partial charge in [-0.3, -0.25) is 8.98 Å². The lowest BCUT2D eigenvalue weighted by atomic mass is 10.1. The van der Waals surface area contributed by atoms with E-state index in [-0.39, 0.29) is 4.90 Å². The summed E-state index contributed by atoms with van der Waals surface area (Å²) >= 11 is 17.7. The second-order valence-corrected chi connectivity index (χ2v) is 10.4. The number of aliphatic carboxylic acids is 1. The Morgan fingerprint density at radius 2 is 1.75 bits per heavy atom. The van der Waals surface area contributed by atoms with Gasteiger partial charge in [0.2, 0.25) is 3.79 Å². The van der Waals surface area contributed by atoms with Crippen LogP contribution in [0.4, 0.5) is 0 Å². The van der Waals surface area contributed by atoms with Crippen molar-refractivity contribution in [1.29, 1.82) is 0 Å². The van der Waals surface area contributed by atoms with Crippen molar-refractivity contribution in [3.05, 3.63) is 29.8 Å². The van der Waals surface area contributed by atoms with Crippen LogP contribution >= 0.6 is 34.8 Å². The van der Waals surface area contributed by atoms with Crippen molar-refractivity contribution in [3.8, 4) is 0 Å². The van der Waals surface area contributed by atoms with Gasteiger partial charge in [0.25, 0.3) is 10.1 Å². The molecule has 1 aliphatic carbocycles. The molecule has 0 aliphatic heterocycles. The van der Waals surface area contributed by atoms with E-state index in [0.29, 0.717) is 0 Å². The number of rotatable bonds is 5. The summed E-state index contributed by atoms with van der Waals surface area (Å²) < 4.78 is 28.0. The number of benzene rings is 1. The largest absolute Gasteiger partial charge is 0.481 e. The van der Waals surface area contributed by atoms with E-state index in [2.05, 4.69) is 0 Å². The second kappa shape index (κ2) is 6.32. The Morgan fingerprint density at radius 3 is 2.12 bits per heavy atom. The molecule has 0 unspecified atom stereocenters. The summed E-state index contributed by atoms with van der Waals surface area (Å²) in [6, 6.07) is 5.99. The zero-order valence-corrected chi connectivity index (χ0v) is 16.2. The molecule has 1 saturated carbocycles. The molecule has 1 aromatic carbocycles. The first kappa shape index (κ1) is 19.8. The molecule has 3 atom stereocenters. The van der Waals surface area contributed by atoms with Gasteiger partial charge >= 0.3 is 5.97 Å². The van der Waals surface area contributed by atoms with Crippen LogP contribution in [0, 0.1) is 24.2 Å². The SMILES string of the molecule is Cc1ccc(S(=O)(=O)O[C@@H]([C@H]2[C@@H](C(=O)O)C2(C)C)C(Cl)(Cl)Cl)cc1. The minimum Gasteiger partial charge on any atom is -0.481 e. The molecule has 1 N–H and O–H groups in total. The first-order chi connectivity index (χ1) is 10.8. The summed E-state index contributed by atoms with van der Waals surface area (Å²) in [6.07, 6.45) is -1.41. The van der Waals surface area contributed by atoms with Crippen LogP contribution in [0.1, 0.15) is 19.4 Å². The maximum absolute atomic E-state index is 12.5. The molecular formula is C15H17Cl3O5S. The molecule has 1 aromatic rings. The van der Waals surface area contributed by atoms with Crippen molar-refractivity contribution in [2.75, 3.05) is 0 Å². The molecule has 0 aromatic heterocycles. The first-order valence-electron chi connectivity index (χ1n) is 7.08. The highest BCUT2D eigenvalue weighted by molar-refractivity contribution is 7.86. The van der Waals surface area contributed by atoms with E-state index >= 15 is 0 Å². The highest BCUT2D eigenvalue weighted by Gasteiger charge is 2.69. The third-order valence-electron chi connectivity index (χ3n) is 4.37. The van der Waals surface area contributed by atoms with Crippen LogP contribution in [-0.2, 0) is 19.1 Å². The van der Waals surface area contributed by atoms with E-state index in [1.807, 2.05) is 6.92 Å². The standard InChI is InChI=1S/C15H17Cl3O5S/c1-8-4-6-9(7-5-8)24(21,22)23-12(15(16,17)18)10-11(13(19)20)14(10,2)3/h4-7,10-12H,1-3H3,(H,19,20)/t10-,11+,12+/m1/s1. The lowest BCUT2D eigenvalue weighted by molar-refractivity contribution is -0.139. The van der Waals surface area contributed by atoms with Gasteiger partial charge in [-0.25, -0.2) is 0 Å². The summed E-state index contributed by atoms with van der Waals surface area (Å²) in [5.74, 6) is -2.69. The number of hydrogen-bond donors (Lipinski definition) is 1. The van der Waals surface area contributed by atoms with E-state index in [1.165, 1.54) is 12.1 Å². The van der Waals surface area contributed by atoms with Gasteiger partial charge in [0.1, 0.15) is 6.10 Å². The van der Waals surface area contributed by atoms with Crippen molar-refractivity contribution < 1.29 is 22.5 Å². The first-order valence-corrected chi connectivity index (χ1v) is 9.62. The molecule has 1 fully saturated rings. The van der Waals surface area contributed by atoms with Gasteiger partial charge in [-0.15, -0.1) is 0 Å². The van der Waals surface area contributed by atoms with Gasteiger partial charge in [-0.2, -0.15) is 8.42 Å². The molecule has 24 heavy (non-hydrogen) atoms. The molecule has 0 bridgehead atoms. The van der Waals surface area contributed by atoms with Crippen molar-refractivity contribution in [2.24, 2.45) is 17.3 Å². The molecule has 0 radical (unpaired) electrons. The predicted octanol–water partition coefficient (Wildman–Crippen LogP) is 3.80. The van der Waals surface area contributed by atoms with E-state index in [9.17, 15) is 18.3 Å². The molecule has 134 valence electrons. The molecule has 0 saturated heterocycles. The van der Waals surface area contributed by atoms with E-state index in [4.69, 9.17) is 39.0 Å². The number of hydrogen-bond acceptors (Lipinski definition) is 4. The Labute approximate surface area is 156 Å². The Balaban J connectivity index is 2.35. The molecule has 5 nitrogen and oxygen atoms in total. The van der Waals surface area contributed by atoms with Gasteiger partial charge in [-0.05, 0) is 24.5 Å². The molecule has 0 spiro atoms. The Hall–Kier alpha value is -0.530. The van der Waals surface area contributed by atoms with Crippen LogP contribution < -0.4 is 0 Å². The van der Waals surface area contributed by atoms with Crippen LogP contribution in [0.15, 0.2) is 29.2 Å². The monoisotopic (exact) mass is 414 g/mol. The van der Waals surface area contributed by atoms with Gasteiger partial charge in [0, 0.05) is 5.92 Å². The fourth-order valence-corrected chi connectivity index (χ4v) is 4.75. The average Bonchev–Trinajstić information content (AvgIpc) is 2.98. The quantitative estimate of drug-likeness (QED) is 0.584. The number of carbonyl (C=O) groups is 1. The summed E-state index contributed by atoms with van der Waals surface area (Å²) in [6.45, 7) is 5.15. The summed E-state index contributed by atoms with van der Waals surface area (Å²) in [4.78, 5) is 11.3. The molecule has 0 heterocycles. The molecule has 2 rings (SSSR count). The lowest BCUT2D eigenvalue weighted by Gasteiger charge is -2.25. The van der Waals surface area contributed by atoms with Crippen molar-refractivity contribution in [3.63, 3.8) is 0 Å². The van der Waals surface area contributed by atoms with Crippen LogP contribution in [0.3, 0.4) is 0 Å². The fourth-order valence-electron chi connectivity index (χ4n) is 2.93. The molecule has 0 amide bonds. The van der Waals surface area contributed by atoms with E-state index < -0.39 is 43.2 Å². The maximum Gasteiger partial charge on any atom is 0.307 e. The number of alkyl halides is 3. The number of carboxylic acids is 1. The van der Waals surface area contributed by atoms with Crippen molar-refractivity contribution >= 4 is 50.9 Å². The van der Waals surface area contributed by atoms with Crippen LogP contribution in [0.2, 0.25) is 0 Å². The van der Waals surface area contributed by atoms with Gasteiger partial charge in [0.05, 0.1) is 10.8 Å². The normalized spacial score (nSPS) is 24.4. The van der Waals surface area contributed by atoms with Crippen LogP contribution in [-0.4, -0.2) is 29.4 Å². The summed E-state index contributed by atoms with van der Waals surface area (Å²) in [5, 5.41) is 9.29. The van der Waals surface area contributed by atoms with Gasteiger partial charge in [0.15, 0.2) is 0 Å². The smallest absolute Gasteiger partial charge is 0.307 e. The highest BCUT2D eigenvalue weighted by atomic mass is 35.6. The van der Waals surface area contributed by atoms with Crippen LogP contribution in [0.25, 0.3) is 0 Å². The minimum absolute atomic E-state index is 0.0855. The third-order valence-corrected chi connectivity index (χ3v) is 6.32. The average molecular weight is 416 g/mol.